The zero-order valence-corrected chi connectivity index (χ0v) is 24.8. The first-order valence-corrected chi connectivity index (χ1v) is 15.2. The van der Waals surface area contributed by atoms with E-state index in [4.69, 9.17) is 5.73 Å². The van der Waals surface area contributed by atoms with Gasteiger partial charge in [-0.2, -0.15) is 0 Å². The molecule has 4 atom stereocenters. The van der Waals surface area contributed by atoms with Crippen molar-refractivity contribution in [2.24, 2.45) is 5.73 Å². The molecule has 2 heterocycles. The second kappa shape index (κ2) is 14.2. The molecular formula is C33H38N6O6. The maximum atomic E-state index is 14.3. The van der Waals surface area contributed by atoms with Crippen molar-refractivity contribution in [1.82, 2.24) is 26.2 Å². The smallest absolute Gasteiger partial charge is 0.250 e. The zero-order valence-electron chi connectivity index (χ0n) is 24.8. The van der Waals surface area contributed by atoms with Crippen LogP contribution in [-0.4, -0.2) is 77.3 Å². The average Bonchev–Trinajstić information content (AvgIpc) is 3.54. The molecule has 2 aliphatic heterocycles. The molecule has 2 saturated heterocycles. The number of nitrogens with two attached hydrogens (primary N) is 1. The Hall–Kier alpha value is -4.97. The van der Waals surface area contributed by atoms with E-state index >= 15 is 0 Å². The number of fused-ring (bicyclic) bond motifs is 2. The van der Waals surface area contributed by atoms with Crippen LogP contribution < -0.4 is 27.0 Å². The summed E-state index contributed by atoms with van der Waals surface area (Å²) in [5.74, 6) is -2.34. The van der Waals surface area contributed by atoms with E-state index in [0.29, 0.717) is 31.4 Å². The first-order chi connectivity index (χ1) is 21.7. The van der Waals surface area contributed by atoms with Crippen LogP contribution in [0.4, 0.5) is 0 Å². The number of carbonyl (C=O) groups is 5. The summed E-state index contributed by atoms with van der Waals surface area (Å²) >= 11 is 0. The number of aromatic hydroxyl groups is 1. The molecule has 236 valence electrons. The van der Waals surface area contributed by atoms with Crippen LogP contribution >= 0.6 is 0 Å². The van der Waals surface area contributed by atoms with Gasteiger partial charge in [0.05, 0.1) is 12.6 Å². The van der Waals surface area contributed by atoms with E-state index in [1.54, 1.807) is 24.3 Å². The number of benzene rings is 3. The van der Waals surface area contributed by atoms with E-state index in [9.17, 15) is 29.1 Å². The lowest BCUT2D eigenvalue weighted by Crippen LogP contribution is -2.55. The van der Waals surface area contributed by atoms with Gasteiger partial charge < -0.3 is 37.0 Å². The topological polar surface area (TPSA) is 183 Å². The summed E-state index contributed by atoms with van der Waals surface area (Å²) in [6.45, 7) is 0.273. The fourth-order valence-corrected chi connectivity index (χ4v) is 5.89. The van der Waals surface area contributed by atoms with Gasteiger partial charge in [0.15, 0.2) is 0 Å². The number of nitrogens with zero attached hydrogens (tertiary/aromatic N) is 1. The predicted molar refractivity (Wildman–Crippen MR) is 167 cm³/mol. The molecule has 2 fully saturated rings. The van der Waals surface area contributed by atoms with E-state index in [0.717, 1.165) is 16.3 Å². The first kappa shape index (κ1) is 31.5. The lowest BCUT2D eigenvalue weighted by Gasteiger charge is -2.30. The lowest BCUT2D eigenvalue weighted by atomic mass is 9.96. The van der Waals surface area contributed by atoms with Gasteiger partial charge in [0.2, 0.25) is 23.6 Å². The first-order valence-electron chi connectivity index (χ1n) is 15.2. The van der Waals surface area contributed by atoms with Crippen molar-refractivity contribution in [2.45, 2.75) is 56.3 Å². The molecule has 12 nitrogen and oxygen atoms in total. The standard InChI is InChI=1S/C33H38N6O6/c34-25(18-20-12-14-22(40)15-13-20)30(42)37-26-10-4-16-35-28(41)19-36-32(44)27-11-5-17-39(27)33(45)29(38-31(26)43)24-9-3-7-21-6-1-2-8-23(21)24/h1-3,6-9,12-15,25-27,29,40H,4-5,10-11,16-19,34H2,(H,35,41)(H,36,44)(H,37,42)(H,38,43)/t25-,26+,27+,29-/m0/s1. The molecule has 5 rings (SSSR count). The Morgan fingerprint density at radius 2 is 1.69 bits per heavy atom. The number of hydrogen-bond donors (Lipinski definition) is 6. The van der Waals surface area contributed by atoms with Gasteiger partial charge >= 0.3 is 0 Å². The maximum absolute atomic E-state index is 14.3. The number of amides is 5. The monoisotopic (exact) mass is 614 g/mol. The fourth-order valence-electron chi connectivity index (χ4n) is 5.89. The summed E-state index contributed by atoms with van der Waals surface area (Å²) in [6, 6.07) is 15.3. The summed E-state index contributed by atoms with van der Waals surface area (Å²) in [5, 5.41) is 22.2. The van der Waals surface area contributed by atoms with Crippen LogP contribution in [0.25, 0.3) is 10.8 Å². The molecule has 0 radical (unpaired) electrons. The van der Waals surface area contributed by atoms with Crippen LogP contribution in [0.1, 0.15) is 42.9 Å². The van der Waals surface area contributed by atoms with Gasteiger partial charge in [-0.1, -0.05) is 54.6 Å². The van der Waals surface area contributed by atoms with Crippen LogP contribution in [0.2, 0.25) is 0 Å². The van der Waals surface area contributed by atoms with Gasteiger partial charge in [-0.3, -0.25) is 24.0 Å². The fraction of sp³-hybridized carbons (Fsp3) is 0.364. The Kier molecular flexibility index (Phi) is 9.93. The van der Waals surface area contributed by atoms with Gasteiger partial charge in [-0.15, -0.1) is 0 Å². The zero-order chi connectivity index (χ0) is 31.9. The predicted octanol–water partition coefficient (Wildman–Crippen LogP) is 0.775. The number of carbonyl (C=O) groups excluding carboxylic acids is 5. The summed E-state index contributed by atoms with van der Waals surface area (Å²) < 4.78 is 0. The Morgan fingerprint density at radius 3 is 2.49 bits per heavy atom. The molecule has 0 unspecified atom stereocenters. The third-order valence-corrected chi connectivity index (χ3v) is 8.28. The molecule has 45 heavy (non-hydrogen) atoms. The molecule has 7 N–H and O–H groups in total. The molecule has 3 aromatic rings. The summed E-state index contributed by atoms with van der Waals surface area (Å²) in [7, 11) is 0. The van der Waals surface area contributed by atoms with Crippen molar-refractivity contribution in [3.05, 3.63) is 77.9 Å². The quantitative estimate of drug-likeness (QED) is 0.245. The van der Waals surface area contributed by atoms with Crippen LogP contribution in [0, 0.1) is 0 Å². The maximum Gasteiger partial charge on any atom is 0.250 e. The van der Waals surface area contributed by atoms with Gasteiger partial charge in [0.1, 0.15) is 23.9 Å². The molecule has 0 saturated carbocycles. The minimum absolute atomic E-state index is 0.0895. The molecule has 3 aromatic carbocycles. The summed E-state index contributed by atoms with van der Waals surface area (Å²) in [4.78, 5) is 68.4. The Balaban J connectivity index is 1.45. The molecular weight excluding hydrogens is 576 g/mol. The van der Waals surface area contributed by atoms with Crippen LogP contribution in [-0.2, 0) is 30.4 Å². The lowest BCUT2D eigenvalue weighted by molar-refractivity contribution is -0.142. The van der Waals surface area contributed by atoms with Crippen LogP contribution in [0.15, 0.2) is 66.7 Å². The largest absolute Gasteiger partial charge is 0.508 e. The van der Waals surface area contributed by atoms with Crippen molar-refractivity contribution < 1.29 is 29.1 Å². The van der Waals surface area contributed by atoms with E-state index < -0.39 is 53.7 Å². The molecule has 0 bridgehead atoms. The second-order valence-corrected chi connectivity index (χ2v) is 11.4. The Bertz CT molecular complexity index is 1570. The van der Waals surface area contributed by atoms with E-state index in [2.05, 4.69) is 21.3 Å². The van der Waals surface area contributed by atoms with Crippen LogP contribution in [0.5, 0.6) is 5.75 Å². The Labute approximate surface area is 260 Å². The molecule has 0 aromatic heterocycles. The molecule has 0 spiro atoms. The number of phenols is 1. The normalized spacial score (nSPS) is 22.3. The van der Waals surface area contributed by atoms with Gasteiger partial charge in [-0.05, 0) is 66.1 Å². The average molecular weight is 615 g/mol. The van der Waals surface area contributed by atoms with Gasteiger partial charge in [0, 0.05) is 13.1 Å². The van der Waals surface area contributed by atoms with E-state index in [1.165, 1.54) is 17.0 Å². The van der Waals surface area contributed by atoms with Crippen molar-refractivity contribution in [2.75, 3.05) is 19.6 Å². The SMILES string of the molecule is N[C@@H](Cc1ccc(O)cc1)C(=O)N[C@@H]1CCCNC(=O)CNC(=O)[C@H]2CCCN2C(=O)[C@H](c2cccc3ccccc23)NC1=O. The third kappa shape index (κ3) is 7.58. The minimum atomic E-state index is -1.15. The van der Waals surface area contributed by atoms with Crippen molar-refractivity contribution in [3.8, 4) is 5.75 Å². The highest BCUT2D eigenvalue weighted by Gasteiger charge is 2.39. The summed E-state index contributed by atoms with van der Waals surface area (Å²) in [5.41, 5.74) is 7.50. The van der Waals surface area contributed by atoms with Crippen molar-refractivity contribution >= 4 is 40.3 Å². The highest BCUT2D eigenvalue weighted by Crippen LogP contribution is 2.29. The van der Waals surface area contributed by atoms with E-state index in [1.807, 2.05) is 30.3 Å². The highest BCUT2D eigenvalue weighted by atomic mass is 16.3. The number of rotatable bonds is 5. The highest BCUT2D eigenvalue weighted by molar-refractivity contribution is 5.99. The van der Waals surface area contributed by atoms with Gasteiger partial charge in [-0.25, -0.2) is 0 Å². The van der Waals surface area contributed by atoms with Crippen molar-refractivity contribution in [1.29, 1.82) is 0 Å². The number of hydrogen-bond acceptors (Lipinski definition) is 7. The molecule has 0 aliphatic carbocycles. The minimum Gasteiger partial charge on any atom is -0.508 e. The number of nitrogens with one attached hydrogen (secondary N) is 4. The van der Waals surface area contributed by atoms with Crippen molar-refractivity contribution in [3.63, 3.8) is 0 Å². The molecule has 5 amide bonds. The number of phenolic OH excluding ortho intramolecular Hbond substituents is 1. The third-order valence-electron chi connectivity index (χ3n) is 8.28. The van der Waals surface area contributed by atoms with Crippen LogP contribution in [0.3, 0.4) is 0 Å². The Morgan fingerprint density at radius 1 is 0.933 bits per heavy atom. The molecule has 12 heteroatoms. The second-order valence-electron chi connectivity index (χ2n) is 11.4. The summed E-state index contributed by atoms with van der Waals surface area (Å²) in [6.07, 6.45) is 1.66. The van der Waals surface area contributed by atoms with E-state index in [-0.39, 0.29) is 31.7 Å². The molecule has 2 aliphatic rings. The van der Waals surface area contributed by atoms with Gasteiger partial charge in [0.25, 0.3) is 5.91 Å².